The molecule has 1 aromatic carbocycles. The summed E-state index contributed by atoms with van der Waals surface area (Å²) in [6.45, 7) is 6.40. The van der Waals surface area contributed by atoms with E-state index in [0.29, 0.717) is 17.8 Å². The number of amides is 2. The Balaban J connectivity index is 2.89. The van der Waals surface area contributed by atoms with Gasteiger partial charge in [0.1, 0.15) is 0 Å². The van der Waals surface area contributed by atoms with E-state index in [1.807, 2.05) is 20.8 Å². The molecule has 1 unspecified atom stereocenters. The summed E-state index contributed by atoms with van der Waals surface area (Å²) in [6.07, 6.45) is -0.742. The minimum Gasteiger partial charge on any atom is -0.387 e. The number of carbonyl (C=O) groups is 1. The number of hydrogen-bond acceptors (Lipinski definition) is 3. The number of aliphatic hydroxyl groups is 1. The van der Waals surface area contributed by atoms with Crippen LogP contribution in [0.25, 0.3) is 0 Å². The van der Waals surface area contributed by atoms with Gasteiger partial charge in [0, 0.05) is 19.1 Å². The molecule has 0 saturated carbocycles. The number of hydrogen-bond donors (Lipinski definition) is 4. The molecule has 4 N–H and O–H groups in total. The summed E-state index contributed by atoms with van der Waals surface area (Å²) in [7, 11) is 1.49. The van der Waals surface area contributed by atoms with Gasteiger partial charge in [0.15, 0.2) is 0 Å². The topological polar surface area (TPSA) is 73.4 Å². The minimum atomic E-state index is -0.742. The number of nitrogens with one attached hydrogen (secondary N) is 3. The van der Waals surface area contributed by atoms with Crippen molar-refractivity contribution in [2.75, 3.05) is 18.9 Å². The highest BCUT2D eigenvalue weighted by atomic mass is 35.5. The Labute approximate surface area is 135 Å². The molecule has 0 aromatic heterocycles. The number of anilines is 1. The van der Waals surface area contributed by atoms with Crippen molar-refractivity contribution in [2.24, 2.45) is 0 Å². The van der Waals surface area contributed by atoms with E-state index in [1.165, 1.54) is 7.05 Å². The summed E-state index contributed by atoms with van der Waals surface area (Å²) in [5, 5.41) is 18.9. The molecule has 0 fully saturated rings. The number of β-amino-alcohol motifs (C(OH)–C–C–N with tert-alkyl or cyclic N) is 1. The van der Waals surface area contributed by atoms with Crippen LogP contribution in [-0.4, -0.2) is 30.3 Å². The fourth-order valence-corrected chi connectivity index (χ4v) is 2.20. The van der Waals surface area contributed by atoms with Crippen molar-refractivity contribution in [3.05, 3.63) is 27.7 Å². The van der Waals surface area contributed by atoms with Crippen LogP contribution < -0.4 is 16.0 Å². The van der Waals surface area contributed by atoms with E-state index in [4.69, 9.17) is 23.2 Å². The smallest absolute Gasteiger partial charge is 0.319 e. The molecule has 118 valence electrons. The van der Waals surface area contributed by atoms with E-state index in [-0.39, 0.29) is 15.6 Å². The Morgan fingerprint density at radius 1 is 1.29 bits per heavy atom. The van der Waals surface area contributed by atoms with Gasteiger partial charge in [-0.1, -0.05) is 23.2 Å². The fraction of sp³-hybridized carbons (Fsp3) is 0.500. The maximum atomic E-state index is 11.3. The lowest BCUT2D eigenvalue weighted by Crippen LogP contribution is -2.38. The van der Waals surface area contributed by atoms with Gasteiger partial charge in [-0.2, -0.15) is 0 Å². The molecule has 0 spiro atoms. The zero-order valence-electron chi connectivity index (χ0n) is 12.6. The lowest BCUT2D eigenvalue weighted by Gasteiger charge is -2.23. The number of carbonyl (C=O) groups excluding carboxylic acids is 1. The van der Waals surface area contributed by atoms with Crippen LogP contribution in [0.1, 0.15) is 32.4 Å². The molecule has 1 aromatic rings. The summed E-state index contributed by atoms with van der Waals surface area (Å²) in [4.78, 5) is 11.3. The number of halogens is 2. The molecule has 21 heavy (non-hydrogen) atoms. The Hall–Kier alpha value is -1.01. The van der Waals surface area contributed by atoms with Gasteiger partial charge in [0.05, 0.1) is 21.8 Å². The lowest BCUT2D eigenvalue weighted by molar-refractivity contribution is 0.163. The zero-order valence-corrected chi connectivity index (χ0v) is 14.1. The van der Waals surface area contributed by atoms with Gasteiger partial charge in [0.25, 0.3) is 0 Å². The minimum absolute atomic E-state index is 0.102. The fourth-order valence-electron chi connectivity index (χ4n) is 1.60. The SMILES string of the molecule is CNC(=O)Nc1c(Cl)cc(C(O)CNC(C)(C)C)cc1Cl. The summed E-state index contributed by atoms with van der Waals surface area (Å²) < 4.78 is 0. The van der Waals surface area contributed by atoms with Crippen molar-refractivity contribution in [1.29, 1.82) is 0 Å². The van der Waals surface area contributed by atoms with Gasteiger partial charge in [-0.05, 0) is 38.5 Å². The molecule has 2 amide bonds. The highest BCUT2D eigenvalue weighted by Crippen LogP contribution is 2.33. The highest BCUT2D eigenvalue weighted by Gasteiger charge is 2.17. The second-order valence-electron chi connectivity index (χ2n) is 5.71. The van der Waals surface area contributed by atoms with Crippen LogP contribution in [0.2, 0.25) is 10.0 Å². The first-order valence-electron chi connectivity index (χ1n) is 6.55. The van der Waals surface area contributed by atoms with Crippen LogP contribution in [-0.2, 0) is 0 Å². The first-order chi connectivity index (χ1) is 9.64. The predicted octanol–water partition coefficient (Wildman–Crippen LogP) is 3.17. The average molecular weight is 334 g/mol. The maximum absolute atomic E-state index is 11.3. The van der Waals surface area contributed by atoms with Gasteiger partial charge in [-0.25, -0.2) is 4.79 Å². The van der Waals surface area contributed by atoms with Gasteiger partial charge >= 0.3 is 6.03 Å². The summed E-state index contributed by atoms with van der Waals surface area (Å²) in [5.41, 5.74) is 0.802. The number of urea groups is 1. The van der Waals surface area contributed by atoms with Crippen LogP contribution in [0.3, 0.4) is 0 Å². The van der Waals surface area contributed by atoms with Crippen LogP contribution in [0.5, 0.6) is 0 Å². The Bertz CT molecular complexity index is 492. The Morgan fingerprint density at radius 2 is 1.81 bits per heavy atom. The van der Waals surface area contributed by atoms with Crippen molar-refractivity contribution in [1.82, 2.24) is 10.6 Å². The molecule has 0 aliphatic heterocycles. The highest BCUT2D eigenvalue weighted by molar-refractivity contribution is 6.39. The van der Waals surface area contributed by atoms with Crippen LogP contribution in [0, 0.1) is 0 Å². The second-order valence-corrected chi connectivity index (χ2v) is 6.52. The van der Waals surface area contributed by atoms with Crippen molar-refractivity contribution in [3.63, 3.8) is 0 Å². The third-order valence-corrected chi connectivity index (χ3v) is 3.34. The average Bonchev–Trinajstić information content (AvgIpc) is 2.38. The molecular weight excluding hydrogens is 313 g/mol. The van der Waals surface area contributed by atoms with Crippen molar-refractivity contribution in [2.45, 2.75) is 32.4 Å². The first-order valence-corrected chi connectivity index (χ1v) is 7.30. The van der Waals surface area contributed by atoms with Gasteiger partial charge in [0.2, 0.25) is 0 Å². The standard InChI is InChI=1S/C14H21Cl2N3O2/c1-14(2,3)18-7-11(20)8-5-9(15)12(10(16)6-8)19-13(21)17-4/h5-6,11,18,20H,7H2,1-4H3,(H2,17,19,21). The third kappa shape index (κ3) is 5.71. The van der Waals surface area contributed by atoms with E-state index in [1.54, 1.807) is 12.1 Å². The van der Waals surface area contributed by atoms with Gasteiger partial charge < -0.3 is 21.1 Å². The van der Waals surface area contributed by atoms with E-state index in [2.05, 4.69) is 16.0 Å². The Morgan fingerprint density at radius 3 is 2.24 bits per heavy atom. The monoisotopic (exact) mass is 333 g/mol. The van der Waals surface area contributed by atoms with E-state index < -0.39 is 12.1 Å². The van der Waals surface area contributed by atoms with E-state index >= 15 is 0 Å². The van der Waals surface area contributed by atoms with Crippen LogP contribution in [0.15, 0.2) is 12.1 Å². The van der Waals surface area contributed by atoms with E-state index in [9.17, 15) is 9.90 Å². The van der Waals surface area contributed by atoms with Crippen LogP contribution in [0.4, 0.5) is 10.5 Å². The number of rotatable bonds is 4. The Kier molecular flexibility index (Phi) is 6.28. The largest absolute Gasteiger partial charge is 0.387 e. The van der Waals surface area contributed by atoms with Gasteiger partial charge in [-0.3, -0.25) is 0 Å². The lowest BCUT2D eigenvalue weighted by atomic mass is 10.1. The van der Waals surface area contributed by atoms with Crippen LogP contribution >= 0.6 is 23.2 Å². The normalized spacial score (nSPS) is 12.9. The van der Waals surface area contributed by atoms with Crippen molar-refractivity contribution in [3.8, 4) is 0 Å². The quantitative estimate of drug-likeness (QED) is 0.683. The number of benzene rings is 1. The molecular formula is C14H21Cl2N3O2. The molecule has 1 rings (SSSR count). The number of aliphatic hydroxyl groups excluding tert-OH is 1. The summed E-state index contributed by atoms with van der Waals surface area (Å²) in [5.74, 6) is 0. The summed E-state index contributed by atoms with van der Waals surface area (Å²) in [6, 6.07) is 2.77. The predicted molar refractivity (Wildman–Crippen MR) is 87.3 cm³/mol. The second kappa shape index (κ2) is 7.31. The molecule has 0 radical (unpaired) electrons. The molecule has 0 aliphatic rings. The zero-order chi connectivity index (χ0) is 16.2. The van der Waals surface area contributed by atoms with Gasteiger partial charge in [-0.15, -0.1) is 0 Å². The maximum Gasteiger partial charge on any atom is 0.319 e. The third-order valence-electron chi connectivity index (χ3n) is 2.74. The molecule has 7 heteroatoms. The van der Waals surface area contributed by atoms with E-state index in [0.717, 1.165) is 0 Å². The molecule has 0 bridgehead atoms. The summed E-state index contributed by atoms with van der Waals surface area (Å²) >= 11 is 12.2. The first kappa shape index (κ1) is 18.0. The van der Waals surface area contributed by atoms with Crippen molar-refractivity contribution >= 4 is 34.9 Å². The molecule has 0 heterocycles. The molecule has 1 atom stereocenters. The van der Waals surface area contributed by atoms with Crippen molar-refractivity contribution < 1.29 is 9.90 Å². The molecule has 5 nitrogen and oxygen atoms in total. The molecule has 0 aliphatic carbocycles. The molecule has 0 saturated heterocycles.